The first-order valence-electron chi connectivity index (χ1n) is 5.08. The van der Waals surface area contributed by atoms with Crippen molar-refractivity contribution in [3.8, 4) is 0 Å². The number of rotatable bonds is 1. The second-order valence-electron chi connectivity index (χ2n) is 4.10. The smallest absolute Gasteiger partial charge is 0.292 e. The van der Waals surface area contributed by atoms with E-state index >= 15 is 0 Å². The summed E-state index contributed by atoms with van der Waals surface area (Å²) in [7, 11) is 2.14. The average Bonchev–Trinajstić information content (AvgIpc) is 2.45. The van der Waals surface area contributed by atoms with Crippen LogP contribution in [0.1, 0.15) is 30.2 Å². The van der Waals surface area contributed by atoms with Gasteiger partial charge in [0.25, 0.3) is 6.01 Å². The maximum atomic E-state index is 5.53. The summed E-state index contributed by atoms with van der Waals surface area (Å²) in [5, 5.41) is 0. The molecule has 0 bridgehead atoms. The van der Waals surface area contributed by atoms with E-state index in [0.29, 0.717) is 11.9 Å². The van der Waals surface area contributed by atoms with E-state index in [-0.39, 0.29) is 0 Å². The van der Waals surface area contributed by atoms with Gasteiger partial charge in [0, 0.05) is 12.5 Å². The van der Waals surface area contributed by atoms with E-state index in [2.05, 4.69) is 16.9 Å². The first-order valence-corrected chi connectivity index (χ1v) is 5.08. The van der Waals surface area contributed by atoms with E-state index in [1.807, 2.05) is 6.92 Å². The molecule has 0 saturated carbocycles. The summed E-state index contributed by atoms with van der Waals surface area (Å²) in [6, 6.07) is 0.297. The lowest BCUT2D eigenvalue weighted by molar-refractivity contribution is 0.234. The molecule has 2 heterocycles. The second-order valence-corrected chi connectivity index (χ2v) is 4.10. The predicted molar refractivity (Wildman–Crippen MR) is 55.1 cm³/mol. The largest absolute Gasteiger partial charge is 0.428 e. The van der Waals surface area contributed by atoms with Gasteiger partial charge in [-0.05, 0) is 33.4 Å². The number of nitrogens with two attached hydrogens (primary N) is 1. The Morgan fingerprint density at radius 2 is 2.36 bits per heavy atom. The fourth-order valence-corrected chi connectivity index (χ4v) is 2.19. The van der Waals surface area contributed by atoms with Crippen LogP contribution in [0.15, 0.2) is 4.42 Å². The van der Waals surface area contributed by atoms with Gasteiger partial charge in [0.15, 0.2) is 0 Å². The lowest BCUT2D eigenvalue weighted by Crippen LogP contribution is -2.30. The van der Waals surface area contributed by atoms with Crippen molar-refractivity contribution in [2.75, 3.05) is 25.9 Å². The summed E-state index contributed by atoms with van der Waals surface area (Å²) in [6.07, 6.45) is 2.40. The van der Waals surface area contributed by atoms with Crippen molar-refractivity contribution < 1.29 is 4.42 Å². The van der Waals surface area contributed by atoms with Crippen LogP contribution in [0.25, 0.3) is 0 Å². The molecule has 0 aliphatic carbocycles. The molecule has 0 aromatic carbocycles. The molecule has 1 aliphatic rings. The van der Waals surface area contributed by atoms with Crippen molar-refractivity contribution in [2.24, 2.45) is 0 Å². The van der Waals surface area contributed by atoms with Gasteiger partial charge in [-0.3, -0.25) is 0 Å². The van der Waals surface area contributed by atoms with Crippen molar-refractivity contribution >= 4 is 6.01 Å². The highest BCUT2D eigenvalue weighted by molar-refractivity contribution is 5.22. The summed E-state index contributed by atoms with van der Waals surface area (Å²) >= 11 is 0. The van der Waals surface area contributed by atoms with Crippen molar-refractivity contribution in [2.45, 2.75) is 25.7 Å². The SMILES string of the molecule is Cc1nc(N)oc1C1CCCN(C)C1. The molecule has 0 spiro atoms. The molecule has 4 heteroatoms. The van der Waals surface area contributed by atoms with Gasteiger partial charge in [-0.1, -0.05) is 0 Å². The van der Waals surface area contributed by atoms with Crippen molar-refractivity contribution in [3.05, 3.63) is 11.5 Å². The van der Waals surface area contributed by atoms with Gasteiger partial charge in [0.1, 0.15) is 5.76 Å². The Labute approximate surface area is 84.1 Å². The number of aromatic nitrogens is 1. The number of piperidine rings is 1. The Bertz CT molecular complexity index is 321. The Balaban J connectivity index is 2.17. The lowest BCUT2D eigenvalue weighted by Gasteiger charge is -2.28. The Morgan fingerprint density at radius 1 is 1.57 bits per heavy atom. The van der Waals surface area contributed by atoms with E-state index in [9.17, 15) is 0 Å². The molecule has 1 aromatic heterocycles. The van der Waals surface area contributed by atoms with E-state index in [0.717, 1.165) is 18.0 Å². The first kappa shape index (κ1) is 9.52. The number of hydrogen-bond acceptors (Lipinski definition) is 4. The van der Waals surface area contributed by atoms with Gasteiger partial charge in [0.2, 0.25) is 0 Å². The van der Waals surface area contributed by atoms with Gasteiger partial charge < -0.3 is 15.1 Å². The van der Waals surface area contributed by atoms with E-state index in [1.165, 1.54) is 19.4 Å². The third-order valence-electron chi connectivity index (χ3n) is 2.84. The zero-order valence-electron chi connectivity index (χ0n) is 8.79. The number of oxazole rings is 1. The number of likely N-dealkylation sites (N-methyl/N-ethyl adjacent to an activating group) is 1. The molecular formula is C10H17N3O. The monoisotopic (exact) mass is 195 g/mol. The molecule has 0 amide bonds. The minimum atomic E-state index is 0.297. The van der Waals surface area contributed by atoms with Crippen LogP contribution in [0.2, 0.25) is 0 Å². The predicted octanol–water partition coefficient (Wildman–Crippen LogP) is 1.37. The molecule has 2 N–H and O–H groups in total. The molecule has 1 aliphatic heterocycles. The van der Waals surface area contributed by atoms with Crippen LogP contribution in [0.3, 0.4) is 0 Å². The zero-order valence-corrected chi connectivity index (χ0v) is 8.79. The molecule has 78 valence electrons. The highest BCUT2D eigenvalue weighted by Crippen LogP contribution is 2.29. The molecule has 2 rings (SSSR count). The molecular weight excluding hydrogens is 178 g/mol. The standard InChI is InChI=1S/C10H17N3O/c1-7-9(14-10(11)12-7)8-4-3-5-13(2)6-8/h8H,3-6H2,1-2H3,(H2,11,12). The Hall–Kier alpha value is -1.03. The molecule has 1 unspecified atom stereocenters. The van der Waals surface area contributed by atoms with Crippen molar-refractivity contribution in [1.82, 2.24) is 9.88 Å². The van der Waals surface area contributed by atoms with Gasteiger partial charge in [0.05, 0.1) is 5.69 Å². The van der Waals surface area contributed by atoms with E-state index in [4.69, 9.17) is 10.2 Å². The van der Waals surface area contributed by atoms with Crippen LogP contribution in [0.5, 0.6) is 0 Å². The van der Waals surface area contributed by atoms with Crippen molar-refractivity contribution in [3.63, 3.8) is 0 Å². The van der Waals surface area contributed by atoms with Crippen LogP contribution in [-0.2, 0) is 0 Å². The average molecular weight is 195 g/mol. The van der Waals surface area contributed by atoms with Gasteiger partial charge >= 0.3 is 0 Å². The van der Waals surface area contributed by atoms with Gasteiger partial charge in [-0.15, -0.1) is 0 Å². The fourth-order valence-electron chi connectivity index (χ4n) is 2.19. The van der Waals surface area contributed by atoms with E-state index < -0.39 is 0 Å². The fraction of sp³-hybridized carbons (Fsp3) is 0.700. The van der Waals surface area contributed by atoms with Crippen molar-refractivity contribution in [1.29, 1.82) is 0 Å². The van der Waals surface area contributed by atoms with Gasteiger partial charge in [-0.2, -0.15) is 4.98 Å². The molecule has 1 atom stereocenters. The maximum Gasteiger partial charge on any atom is 0.292 e. The maximum absolute atomic E-state index is 5.53. The molecule has 1 saturated heterocycles. The van der Waals surface area contributed by atoms with Gasteiger partial charge in [-0.25, -0.2) is 0 Å². The number of anilines is 1. The summed E-state index contributed by atoms with van der Waals surface area (Å²) in [5.41, 5.74) is 6.48. The molecule has 14 heavy (non-hydrogen) atoms. The minimum Gasteiger partial charge on any atom is -0.428 e. The summed E-state index contributed by atoms with van der Waals surface area (Å²) in [5.74, 6) is 1.45. The van der Waals surface area contributed by atoms with Crippen LogP contribution in [-0.4, -0.2) is 30.0 Å². The number of hydrogen-bond donors (Lipinski definition) is 1. The first-order chi connectivity index (χ1) is 6.66. The van der Waals surface area contributed by atoms with E-state index in [1.54, 1.807) is 0 Å². The highest BCUT2D eigenvalue weighted by Gasteiger charge is 2.24. The second kappa shape index (κ2) is 3.61. The normalized spacial score (nSPS) is 24.0. The minimum absolute atomic E-state index is 0.297. The molecule has 4 nitrogen and oxygen atoms in total. The number of aryl methyl sites for hydroxylation is 1. The summed E-state index contributed by atoms with van der Waals surface area (Å²) in [4.78, 5) is 6.43. The quantitative estimate of drug-likeness (QED) is 0.735. The lowest BCUT2D eigenvalue weighted by atomic mass is 9.95. The van der Waals surface area contributed by atoms with Crippen LogP contribution >= 0.6 is 0 Å². The Kier molecular flexibility index (Phi) is 2.46. The number of likely N-dealkylation sites (tertiary alicyclic amines) is 1. The highest BCUT2D eigenvalue weighted by atomic mass is 16.4. The summed E-state index contributed by atoms with van der Waals surface area (Å²) in [6.45, 7) is 4.19. The molecule has 1 aromatic rings. The number of nitrogen functional groups attached to an aromatic ring is 1. The summed E-state index contributed by atoms with van der Waals surface area (Å²) < 4.78 is 5.44. The Morgan fingerprint density at radius 3 is 2.93 bits per heavy atom. The van der Waals surface area contributed by atoms with Crippen LogP contribution in [0, 0.1) is 6.92 Å². The number of nitrogens with zero attached hydrogens (tertiary/aromatic N) is 2. The zero-order chi connectivity index (χ0) is 10.1. The van der Waals surface area contributed by atoms with Crippen LogP contribution in [0.4, 0.5) is 6.01 Å². The van der Waals surface area contributed by atoms with Crippen LogP contribution < -0.4 is 5.73 Å². The third-order valence-corrected chi connectivity index (χ3v) is 2.84. The third kappa shape index (κ3) is 1.75. The topological polar surface area (TPSA) is 55.3 Å². The molecule has 0 radical (unpaired) electrons. The molecule has 1 fully saturated rings.